The molecule has 0 bridgehead atoms. The van der Waals surface area contributed by atoms with Crippen LogP contribution in [0.15, 0.2) is 47.4 Å². The number of benzene rings is 2. The minimum absolute atomic E-state index is 0.0318. The number of methoxy groups -OCH3 is 2. The SMILES string of the molecule is COc1ccc(OC)c2sc(NC(=O)CCCSc3ccccc3)nc12. The summed E-state index contributed by atoms with van der Waals surface area (Å²) in [5.74, 6) is 2.25. The number of hydrogen-bond acceptors (Lipinski definition) is 6. The van der Waals surface area contributed by atoms with Crippen LogP contribution in [0.25, 0.3) is 10.2 Å². The summed E-state index contributed by atoms with van der Waals surface area (Å²) >= 11 is 3.15. The van der Waals surface area contributed by atoms with Gasteiger partial charge in [-0.2, -0.15) is 0 Å². The van der Waals surface area contributed by atoms with E-state index in [2.05, 4.69) is 22.4 Å². The highest BCUT2D eigenvalue weighted by Gasteiger charge is 2.15. The van der Waals surface area contributed by atoms with Gasteiger partial charge in [-0.15, -0.1) is 11.8 Å². The Hall–Kier alpha value is -2.25. The predicted octanol–water partition coefficient (Wildman–Crippen LogP) is 4.82. The van der Waals surface area contributed by atoms with Crippen LogP contribution in [0.2, 0.25) is 0 Å². The van der Waals surface area contributed by atoms with Crippen LogP contribution < -0.4 is 14.8 Å². The lowest BCUT2D eigenvalue weighted by Crippen LogP contribution is -2.11. The average Bonchev–Trinajstić information content (AvgIpc) is 3.08. The fraction of sp³-hybridized carbons (Fsp3) is 0.263. The van der Waals surface area contributed by atoms with Crippen molar-refractivity contribution in [2.45, 2.75) is 17.7 Å². The second-order valence-electron chi connectivity index (χ2n) is 5.48. The highest BCUT2D eigenvalue weighted by Crippen LogP contribution is 2.38. The van der Waals surface area contributed by atoms with Crippen molar-refractivity contribution in [2.75, 3.05) is 25.3 Å². The molecule has 3 rings (SSSR count). The summed E-state index contributed by atoms with van der Waals surface area (Å²) in [6, 6.07) is 13.8. The quantitative estimate of drug-likeness (QED) is 0.443. The number of ether oxygens (including phenoxy) is 2. The molecule has 7 heteroatoms. The van der Waals surface area contributed by atoms with E-state index in [9.17, 15) is 4.79 Å². The molecule has 1 amide bonds. The minimum Gasteiger partial charge on any atom is -0.495 e. The zero-order valence-corrected chi connectivity index (χ0v) is 16.3. The lowest BCUT2D eigenvalue weighted by atomic mass is 10.3. The van der Waals surface area contributed by atoms with E-state index in [4.69, 9.17) is 9.47 Å². The van der Waals surface area contributed by atoms with Crippen molar-refractivity contribution >= 4 is 44.4 Å². The minimum atomic E-state index is -0.0318. The van der Waals surface area contributed by atoms with Crippen LogP contribution in [-0.2, 0) is 4.79 Å². The predicted molar refractivity (Wildman–Crippen MR) is 108 cm³/mol. The van der Waals surface area contributed by atoms with Gasteiger partial charge in [0, 0.05) is 11.3 Å². The number of aromatic nitrogens is 1. The first-order chi connectivity index (χ1) is 12.7. The van der Waals surface area contributed by atoms with Crippen LogP contribution in [0.4, 0.5) is 5.13 Å². The number of thiazole rings is 1. The number of rotatable bonds is 8. The molecule has 0 fully saturated rings. The molecule has 136 valence electrons. The second kappa shape index (κ2) is 8.91. The van der Waals surface area contributed by atoms with Crippen LogP contribution in [-0.4, -0.2) is 30.9 Å². The summed E-state index contributed by atoms with van der Waals surface area (Å²) in [4.78, 5) is 17.9. The van der Waals surface area contributed by atoms with E-state index in [1.165, 1.54) is 16.2 Å². The van der Waals surface area contributed by atoms with E-state index in [1.807, 2.05) is 30.3 Å². The molecule has 0 saturated carbocycles. The molecule has 0 radical (unpaired) electrons. The zero-order chi connectivity index (χ0) is 18.4. The largest absolute Gasteiger partial charge is 0.495 e. The Balaban J connectivity index is 1.57. The van der Waals surface area contributed by atoms with E-state index < -0.39 is 0 Å². The Morgan fingerprint density at radius 1 is 1.12 bits per heavy atom. The average molecular weight is 389 g/mol. The summed E-state index contributed by atoms with van der Waals surface area (Å²) < 4.78 is 11.6. The topological polar surface area (TPSA) is 60.5 Å². The van der Waals surface area contributed by atoms with Gasteiger partial charge in [-0.3, -0.25) is 4.79 Å². The first-order valence-corrected chi connectivity index (χ1v) is 10.0. The number of hydrogen-bond donors (Lipinski definition) is 1. The fourth-order valence-corrected chi connectivity index (χ4v) is 4.32. The van der Waals surface area contributed by atoms with Gasteiger partial charge < -0.3 is 14.8 Å². The highest BCUT2D eigenvalue weighted by atomic mass is 32.2. The number of carbonyl (C=O) groups excluding carboxylic acids is 1. The molecule has 3 aromatic rings. The Morgan fingerprint density at radius 2 is 1.85 bits per heavy atom. The second-order valence-corrected chi connectivity index (χ2v) is 7.65. The van der Waals surface area contributed by atoms with Gasteiger partial charge in [0.15, 0.2) is 5.13 Å². The van der Waals surface area contributed by atoms with Crippen molar-refractivity contribution in [3.8, 4) is 11.5 Å². The van der Waals surface area contributed by atoms with E-state index in [0.29, 0.717) is 22.8 Å². The molecule has 0 aliphatic carbocycles. The lowest BCUT2D eigenvalue weighted by molar-refractivity contribution is -0.116. The molecular formula is C19H20N2O3S2. The maximum absolute atomic E-state index is 12.2. The molecule has 0 spiro atoms. The molecule has 1 aromatic heterocycles. The third kappa shape index (κ3) is 4.47. The van der Waals surface area contributed by atoms with Gasteiger partial charge in [0.05, 0.1) is 14.2 Å². The van der Waals surface area contributed by atoms with Gasteiger partial charge >= 0.3 is 0 Å². The van der Waals surface area contributed by atoms with Crippen LogP contribution in [0.5, 0.6) is 11.5 Å². The van der Waals surface area contributed by atoms with Crippen molar-refractivity contribution < 1.29 is 14.3 Å². The molecule has 0 aliphatic heterocycles. The molecule has 0 aliphatic rings. The summed E-state index contributed by atoms with van der Waals surface area (Å²) in [7, 11) is 3.22. The first-order valence-electron chi connectivity index (χ1n) is 8.20. The summed E-state index contributed by atoms with van der Waals surface area (Å²) in [6.45, 7) is 0. The van der Waals surface area contributed by atoms with Crippen molar-refractivity contribution in [1.82, 2.24) is 4.98 Å². The molecule has 26 heavy (non-hydrogen) atoms. The summed E-state index contributed by atoms with van der Waals surface area (Å²) in [5, 5.41) is 3.44. The Morgan fingerprint density at radius 3 is 2.58 bits per heavy atom. The van der Waals surface area contributed by atoms with Crippen LogP contribution in [0, 0.1) is 0 Å². The molecular weight excluding hydrogens is 368 g/mol. The molecule has 1 N–H and O–H groups in total. The number of fused-ring (bicyclic) bond motifs is 1. The van der Waals surface area contributed by atoms with Crippen molar-refractivity contribution in [3.63, 3.8) is 0 Å². The van der Waals surface area contributed by atoms with Gasteiger partial charge in [0.2, 0.25) is 5.91 Å². The van der Waals surface area contributed by atoms with Gasteiger partial charge in [-0.05, 0) is 36.4 Å². The summed E-state index contributed by atoms with van der Waals surface area (Å²) in [6.07, 6.45) is 1.27. The Kier molecular flexibility index (Phi) is 6.35. The monoisotopic (exact) mass is 388 g/mol. The molecule has 0 atom stereocenters. The molecule has 0 unspecified atom stereocenters. The molecule has 2 aromatic carbocycles. The van der Waals surface area contributed by atoms with Crippen molar-refractivity contribution in [1.29, 1.82) is 0 Å². The maximum atomic E-state index is 12.2. The van der Waals surface area contributed by atoms with Gasteiger partial charge in [0.25, 0.3) is 0 Å². The highest BCUT2D eigenvalue weighted by molar-refractivity contribution is 7.99. The van der Waals surface area contributed by atoms with Crippen LogP contribution in [0.1, 0.15) is 12.8 Å². The molecule has 0 saturated heterocycles. The number of nitrogens with one attached hydrogen (secondary N) is 1. The van der Waals surface area contributed by atoms with Gasteiger partial charge in [0.1, 0.15) is 21.7 Å². The van der Waals surface area contributed by atoms with Crippen molar-refractivity contribution in [3.05, 3.63) is 42.5 Å². The van der Waals surface area contributed by atoms with E-state index in [1.54, 1.807) is 26.0 Å². The molecule has 5 nitrogen and oxygen atoms in total. The third-order valence-electron chi connectivity index (χ3n) is 3.72. The number of thioether (sulfide) groups is 1. The van der Waals surface area contributed by atoms with E-state index >= 15 is 0 Å². The molecule has 1 heterocycles. The lowest BCUT2D eigenvalue weighted by Gasteiger charge is -2.03. The standard InChI is InChI=1S/C19H20N2O3S2/c1-23-14-10-11-15(24-2)18-17(14)21-19(26-18)20-16(22)9-6-12-25-13-7-4-3-5-8-13/h3-5,7-8,10-11H,6,9,12H2,1-2H3,(H,20,21,22). The summed E-state index contributed by atoms with van der Waals surface area (Å²) in [5.41, 5.74) is 0.701. The first kappa shape index (κ1) is 18.5. The zero-order valence-electron chi connectivity index (χ0n) is 14.7. The van der Waals surface area contributed by atoms with Crippen molar-refractivity contribution in [2.24, 2.45) is 0 Å². The van der Waals surface area contributed by atoms with Crippen LogP contribution in [0.3, 0.4) is 0 Å². The fourth-order valence-electron chi connectivity index (χ4n) is 2.46. The smallest absolute Gasteiger partial charge is 0.226 e. The number of nitrogens with zero attached hydrogens (tertiary/aromatic N) is 1. The van der Waals surface area contributed by atoms with E-state index in [0.717, 1.165) is 22.6 Å². The number of anilines is 1. The normalized spacial score (nSPS) is 10.7. The maximum Gasteiger partial charge on any atom is 0.226 e. The Labute approximate surface area is 160 Å². The van der Waals surface area contributed by atoms with Crippen LogP contribution >= 0.6 is 23.1 Å². The van der Waals surface area contributed by atoms with Gasteiger partial charge in [-0.1, -0.05) is 29.5 Å². The Bertz CT molecular complexity index is 840. The number of carbonyl (C=O) groups is 1. The van der Waals surface area contributed by atoms with Gasteiger partial charge in [-0.25, -0.2) is 4.98 Å². The number of amides is 1. The third-order valence-corrected chi connectivity index (χ3v) is 5.80. The van der Waals surface area contributed by atoms with E-state index in [-0.39, 0.29) is 5.91 Å².